The first-order valence-electron chi connectivity index (χ1n) is 5.97. The Bertz CT molecular complexity index is 552. The summed E-state index contributed by atoms with van der Waals surface area (Å²) in [5, 5.41) is 0. The number of alkyl halides is 1. The highest BCUT2D eigenvalue weighted by atomic mass is 79.9. The van der Waals surface area contributed by atoms with Gasteiger partial charge in [0.25, 0.3) is 0 Å². The Labute approximate surface area is 116 Å². The third-order valence-electron chi connectivity index (χ3n) is 3.27. The van der Waals surface area contributed by atoms with E-state index in [2.05, 4.69) is 35.0 Å². The second-order valence-corrected chi connectivity index (χ2v) is 5.59. The predicted octanol–water partition coefficient (Wildman–Crippen LogP) is 5.24. The van der Waals surface area contributed by atoms with Crippen LogP contribution in [0.3, 0.4) is 0 Å². The Kier molecular flexibility index (Phi) is 3.86. The Morgan fingerprint density at radius 2 is 1.50 bits per heavy atom. The standard InChI is InChI=1S/C16H16BrF/c1-10-6-4-5-7-14(10)16(17)15-11(2)8-13(18)9-12(15)3/h4-9,16H,1-3H3. The summed E-state index contributed by atoms with van der Waals surface area (Å²) in [4.78, 5) is 0.110. The van der Waals surface area contributed by atoms with E-state index in [4.69, 9.17) is 0 Å². The summed E-state index contributed by atoms with van der Waals surface area (Å²) in [6.45, 7) is 6.01. The average Bonchev–Trinajstić information content (AvgIpc) is 2.27. The molecule has 0 spiro atoms. The molecule has 0 heterocycles. The molecule has 2 aromatic carbocycles. The fourth-order valence-corrected chi connectivity index (χ4v) is 3.58. The molecule has 0 radical (unpaired) electrons. The highest BCUT2D eigenvalue weighted by Crippen LogP contribution is 2.36. The summed E-state index contributed by atoms with van der Waals surface area (Å²) < 4.78 is 13.3. The maximum Gasteiger partial charge on any atom is 0.123 e. The van der Waals surface area contributed by atoms with Gasteiger partial charge in [-0.15, -0.1) is 0 Å². The normalized spacial score (nSPS) is 12.5. The van der Waals surface area contributed by atoms with Crippen molar-refractivity contribution in [1.82, 2.24) is 0 Å². The largest absolute Gasteiger partial charge is 0.207 e. The molecule has 0 aliphatic rings. The minimum Gasteiger partial charge on any atom is -0.207 e. The van der Waals surface area contributed by atoms with Crippen LogP contribution in [0.2, 0.25) is 0 Å². The van der Waals surface area contributed by atoms with E-state index in [9.17, 15) is 4.39 Å². The quantitative estimate of drug-likeness (QED) is 0.666. The van der Waals surface area contributed by atoms with Crippen molar-refractivity contribution in [3.63, 3.8) is 0 Å². The maximum atomic E-state index is 13.3. The van der Waals surface area contributed by atoms with E-state index in [0.29, 0.717) is 0 Å². The second kappa shape index (κ2) is 5.23. The monoisotopic (exact) mass is 306 g/mol. The van der Waals surface area contributed by atoms with Gasteiger partial charge < -0.3 is 0 Å². The van der Waals surface area contributed by atoms with Gasteiger partial charge in [0.05, 0.1) is 4.83 Å². The van der Waals surface area contributed by atoms with Gasteiger partial charge >= 0.3 is 0 Å². The van der Waals surface area contributed by atoms with Gasteiger partial charge in [0, 0.05) is 0 Å². The fraction of sp³-hybridized carbons (Fsp3) is 0.250. The van der Waals surface area contributed by atoms with Crippen molar-refractivity contribution in [2.24, 2.45) is 0 Å². The van der Waals surface area contributed by atoms with Gasteiger partial charge in [-0.3, -0.25) is 0 Å². The molecule has 18 heavy (non-hydrogen) atoms. The minimum atomic E-state index is -0.168. The number of halogens is 2. The van der Waals surface area contributed by atoms with Crippen molar-refractivity contribution in [2.75, 3.05) is 0 Å². The summed E-state index contributed by atoms with van der Waals surface area (Å²) in [5.41, 5.74) is 5.60. The number of rotatable bonds is 2. The first-order valence-corrected chi connectivity index (χ1v) is 6.88. The molecule has 1 unspecified atom stereocenters. The van der Waals surface area contributed by atoms with Crippen LogP contribution < -0.4 is 0 Å². The van der Waals surface area contributed by atoms with Crippen molar-refractivity contribution in [1.29, 1.82) is 0 Å². The molecule has 0 saturated carbocycles. The Balaban J connectivity index is 2.53. The van der Waals surface area contributed by atoms with E-state index in [1.54, 1.807) is 12.1 Å². The number of hydrogen-bond acceptors (Lipinski definition) is 0. The number of hydrogen-bond donors (Lipinski definition) is 0. The van der Waals surface area contributed by atoms with E-state index in [0.717, 1.165) is 16.7 Å². The molecular formula is C16H16BrF. The predicted molar refractivity (Wildman–Crippen MR) is 77.8 cm³/mol. The van der Waals surface area contributed by atoms with E-state index < -0.39 is 0 Å². The second-order valence-electron chi connectivity index (χ2n) is 4.67. The summed E-state index contributed by atoms with van der Waals surface area (Å²) in [6.07, 6.45) is 0. The van der Waals surface area contributed by atoms with Gasteiger partial charge in [-0.2, -0.15) is 0 Å². The van der Waals surface area contributed by atoms with Crippen LogP contribution in [0.4, 0.5) is 4.39 Å². The van der Waals surface area contributed by atoms with Crippen LogP contribution in [0.1, 0.15) is 32.6 Å². The van der Waals surface area contributed by atoms with Crippen molar-refractivity contribution >= 4 is 15.9 Å². The maximum absolute atomic E-state index is 13.3. The molecule has 2 heteroatoms. The molecule has 1 atom stereocenters. The van der Waals surface area contributed by atoms with Gasteiger partial charge in [-0.05, 0) is 60.7 Å². The van der Waals surface area contributed by atoms with Crippen LogP contribution in [0.25, 0.3) is 0 Å². The van der Waals surface area contributed by atoms with Crippen molar-refractivity contribution in [2.45, 2.75) is 25.6 Å². The SMILES string of the molecule is Cc1ccccc1C(Br)c1c(C)cc(F)cc1C. The molecule has 0 amide bonds. The molecule has 2 aromatic rings. The van der Waals surface area contributed by atoms with E-state index in [1.807, 2.05) is 26.0 Å². The molecule has 0 nitrogen and oxygen atoms in total. The molecular weight excluding hydrogens is 291 g/mol. The molecule has 0 aliphatic carbocycles. The van der Waals surface area contributed by atoms with E-state index in [-0.39, 0.29) is 10.6 Å². The highest BCUT2D eigenvalue weighted by molar-refractivity contribution is 9.09. The Morgan fingerprint density at radius 3 is 2.06 bits per heavy atom. The zero-order chi connectivity index (χ0) is 13.3. The molecule has 0 saturated heterocycles. The molecule has 0 fully saturated rings. The zero-order valence-corrected chi connectivity index (χ0v) is 12.4. The van der Waals surface area contributed by atoms with Crippen LogP contribution in [0.5, 0.6) is 0 Å². The first-order chi connectivity index (χ1) is 8.50. The van der Waals surface area contributed by atoms with E-state index in [1.165, 1.54) is 11.1 Å². The van der Waals surface area contributed by atoms with Gasteiger partial charge in [0.1, 0.15) is 5.82 Å². The van der Waals surface area contributed by atoms with Crippen LogP contribution in [-0.2, 0) is 0 Å². The van der Waals surface area contributed by atoms with Crippen molar-refractivity contribution in [3.8, 4) is 0 Å². The first kappa shape index (κ1) is 13.3. The molecule has 0 aliphatic heterocycles. The number of aryl methyl sites for hydroxylation is 3. The van der Waals surface area contributed by atoms with Crippen LogP contribution in [0.15, 0.2) is 36.4 Å². The van der Waals surface area contributed by atoms with Crippen molar-refractivity contribution in [3.05, 3.63) is 70.0 Å². The Morgan fingerprint density at radius 1 is 0.944 bits per heavy atom. The smallest absolute Gasteiger partial charge is 0.123 e. The molecule has 0 N–H and O–H groups in total. The lowest BCUT2D eigenvalue weighted by Crippen LogP contribution is -2.01. The third-order valence-corrected chi connectivity index (χ3v) is 4.22. The van der Waals surface area contributed by atoms with Crippen molar-refractivity contribution < 1.29 is 4.39 Å². The lowest BCUT2D eigenvalue weighted by Gasteiger charge is -2.18. The lowest BCUT2D eigenvalue weighted by molar-refractivity contribution is 0.624. The summed E-state index contributed by atoms with van der Waals surface area (Å²) in [5.74, 6) is -0.168. The van der Waals surface area contributed by atoms with Crippen LogP contribution >= 0.6 is 15.9 Å². The summed E-state index contributed by atoms with van der Waals surface area (Å²) in [6, 6.07) is 11.5. The van der Waals surface area contributed by atoms with Gasteiger partial charge in [0.2, 0.25) is 0 Å². The van der Waals surface area contributed by atoms with E-state index >= 15 is 0 Å². The molecule has 2 rings (SSSR count). The molecule has 0 aromatic heterocycles. The lowest BCUT2D eigenvalue weighted by atomic mass is 9.94. The Hall–Kier alpha value is -1.15. The van der Waals surface area contributed by atoms with Crippen LogP contribution in [0, 0.1) is 26.6 Å². The van der Waals surface area contributed by atoms with Gasteiger partial charge in [0.15, 0.2) is 0 Å². The molecule has 94 valence electrons. The number of benzene rings is 2. The fourth-order valence-electron chi connectivity index (χ4n) is 2.35. The molecule has 0 bridgehead atoms. The topological polar surface area (TPSA) is 0 Å². The zero-order valence-electron chi connectivity index (χ0n) is 10.8. The summed E-state index contributed by atoms with van der Waals surface area (Å²) in [7, 11) is 0. The average molecular weight is 307 g/mol. The van der Waals surface area contributed by atoms with Gasteiger partial charge in [-0.25, -0.2) is 4.39 Å². The minimum absolute atomic E-state index is 0.110. The summed E-state index contributed by atoms with van der Waals surface area (Å²) >= 11 is 3.75. The van der Waals surface area contributed by atoms with Gasteiger partial charge in [-0.1, -0.05) is 40.2 Å². The van der Waals surface area contributed by atoms with Crippen LogP contribution in [-0.4, -0.2) is 0 Å². The highest BCUT2D eigenvalue weighted by Gasteiger charge is 2.17. The third kappa shape index (κ3) is 2.49.